The summed E-state index contributed by atoms with van der Waals surface area (Å²) in [6, 6.07) is 28.8. The molecule has 36 heavy (non-hydrogen) atoms. The van der Waals surface area contributed by atoms with Gasteiger partial charge in [-0.15, -0.1) is 0 Å². The van der Waals surface area contributed by atoms with Crippen molar-refractivity contribution in [1.29, 1.82) is 0 Å². The lowest BCUT2D eigenvalue weighted by atomic mass is 10.2. The molecule has 186 valence electrons. The summed E-state index contributed by atoms with van der Waals surface area (Å²) in [5, 5.41) is 0.722. The van der Waals surface area contributed by atoms with Crippen LogP contribution in [0.4, 0.5) is 8.78 Å². The predicted octanol–water partition coefficient (Wildman–Crippen LogP) is 5.59. The van der Waals surface area contributed by atoms with Gasteiger partial charge in [0.1, 0.15) is 11.5 Å². The van der Waals surface area contributed by atoms with Crippen LogP contribution in [0, 0.1) is 6.92 Å². The lowest BCUT2D eigenvalue weighted by molar-refractivity contribution is -0.0505. The van der Waals surface area contributed by atoms with Crippen molar-refractivity contribution in [3.05, 3.63) is 120 Å². The summed E-state index contributed by atoms with van der Waals surface area (Å²) in [7, 11) is -8.10. The molecule has 0 heterocycles. The van der Waals surface area contributed by atoms with Crippen molar-refractivity contribution in [2.75, 3.05) is 0 Å². The lowest BCUT2D eigenvalue weighted by Crippen LogP contribution is -2.34. The van der Waals surface area contributed by atoms with Crippen LogP contribution < -0.4 is 20.1 Å². The van der Waals surface area contributed by atoms with Gasteiger partial charge >= 0.3 is 6.61 Å². The summed E-state index contributed by atoms with van der Waals surface area (Å²) in [6.45, 7) is -1.34. The van der Waals surface area contributed by atoms with Gasteiger partial charge in [-0.3, -0.25) is 0 Å². The molecule has 0 saturated carbocycles. The van der Waals surface area contributed by atoms with E-state index in [0.29, 0.717) is 10.6 Å². The third-order valence-corrected chi connectivity index (χ3v) is 10.5. The second kappa shape index (κ2) is 10.7. The SMILES string of the molecule is Cc1ccc(S(=O)(=O)N[C@H](c2ccccc2OC(F)F)P(=O)(c2ccccc2)c2ccccc2)cc1. The Kier molecular flexibility index (Phi) is 7.69. The van der Waals surface area contributed by atoms with Crippen molar-refractivity contribution >= 4 is 27.8 Å². The fourth-order valence-corrected chi connectivity index (χ4v) is 8.71. The third kappa shape index (κ3) is 5.41. The molecule has 4 rings (SSSR count). The molecule has 0 bridgehead atoms. The van der Waals surface area contributed by atoms with Crippen LogP contribution in [-0.4, -0.2) is 15.0 Å². The molecule has 0 saturated heterocycles. The number of aryl methyl sites for hydroxylation is 1. The monoisotopic (exact) mass is 527 g/mol. The van der Waals surface area contributed by atoms with Crippen molar-refractivity contribution in [1.82, 2.24) is 4.72 Å². The smallest absolute Gasteiger partial charge is 0.387 e. The Morgan fingerprint density at radius 3 is 1.78 bits per heavy atom. The van der Waals surface area contributed by atoms with E-state index in [0.717, 1.165) is 5.56 Å². The van der Waals surface area contributed by atoms with Crippen LogP contribution in [0.15, 0.2) is 114 Å². The third-order valence-electron chi connectivity index (χ3n) is 5.67. The molecule has 0 aliphatic heterocycles. The molecule has 9 heteroatoms. The molecular formula is C27H24F2NO4PS. The van der Waals surface area contributed by atoms with Gasteiger partial charge in [0, 0.05) is 16.2 Å². The molecule has 0 fully saturated rings. The van der Waals surface area contributed by atoms with E-state index in [1.54, 1.807) is 78.9 Å². The maximum atomic E-state index is 15.1. The standard InChI is InChI=1S/C27H24F2NO4PS/c1-20-16-18-23(19-17-20)36(32,33)30-26(24-14-8-9-15-25(24)34-27(28)29)35(31,21-10-4-2-5-11-21)22-12-6-3-7-13-22/h2-19,26-27,30H,1H3/t26-/m0/s1. The second-order valence-corrected chi connectivity index (χ2v) is 12.7. The molecular weight excluding hydrogens is 503 g/mol. The first-order valence-electron chi connectivity index (χ1n) is 11.1. The molecule has 4 aromatic carbocycles. The molecule has 1 N–H and O–H groups in total. The number of sulfonamides is 1. The Morgan fingerprint density at radius 1 is 0.750 bits per heavy atom. The zero-order chi connectivity index (χ0) is 25.8. The number of benzene rings is 4. The average Bonchev–Trinajstić information content (AvgIpc) is 2.88. The summed E-state index contributed by atoms with van der Waals surface area (Å²) in [5.74, 6) is -1.71. The van der Waals surface area contributed by atoms with Gasteiger partial charge < -0.3 is 9.30 Å². The Labute approximate surface area is 209 Å². The fraction of sp³-hybridized carbons (Fsp3) is 0.111. The minimum absolute atomic E-state index is 0.0320. The highest BCUT2D eigenvalue weighted by Crippen LogP contribution is 2.57. The number of alkyl halides is 2. The number of hydrogen-bond donors (Lipinski definition) is 1. The maximum Gasteiger partial charge on any atom is 0.387 e. The number of para-hydroxylation sites is 1. The quantitative estimate of drug-likeness (QED) is 0.288. The highest BCUT2D eigenvalue weighted by Gasteiger charge is 2.42. The number of ether oxygens (including phenoxy) is 1. The zero-order valence-electron chi connectivity index (χ0n) is 19.3. The molecule has 5 nitrogen and oxygen atoms in total. The maximum absolute atomic E-state index is 15.1. The van der Waals surface area contributed by atoms with Gasteiger partial charge in [0.25, 0.3) is 0 Å². The van der Waals surface area contributed by atoms with E-state index >= 15 is 4.57 Å². The van der Waals surface area contributed by atoms with Crippen molar-refractivity contribution in [2.45, 2.75) is 24.2 Å². The molecule has 0 spiro atoms. The van der Waals surface area contributed by atoms with Gasteiger partial charge in [0.2, 0.25) is 10.0 Å². The first-order chi connectivity index (χ1) is 17.2. The van der Waals surface area contributed by atoms with E-state index in [9.17, 15) is 17.2 Å². The fourth-order valence-electron chi connectivity index (χ4n) is 3.92. The van der Waals surface area contributed by atoms with E-state index in [4.69, 9.17) is 4.74 Å². The van der Waals surface area contributed by atoms with Crippen molar-refractivity contribution in [3.8, 4) is 5.75 Å². The first kappa shape index (κ1) is 25.8. The van der Waals surface area contributed by atoms with E-state index in [-0.39, 0.29) is 16.2 Å². The van der Waals surface area contributed by atoms with Gasteiger partial charge in [-0.25, -0.2) is 8.42 Å². The summed E-state index contributed by atoms with van der Waals surface area (Å²) in [6.07, 6.45) is 0. The molecule has 0 aliphatic rings. The van der Waals surface area contributed by atoms with Gasteiger partial charge in [-0.05, 0) is 25.1 Å². The molecule has 0 aromatic heterocycles. The van der Waals surface area contributed by atoms with E-state index < -0.39 is 29.6 Å². The number of halogens is 2. The topological polar surface area (TPSA) is 72.5 Å². The van der Waals surface area contributed by atoms with Crippen LogP contribution in [0.5, 0.6) is 5.75 Å². The normalized spacial score (nSPS) is 12.9. The minimum Gasteiger partial charge on any atom is -0.434 e. The van der Waals surface area contributed by atoms with Crippen LogP contribution in [-0.2, 0) is 14.6 Å². The predicted molar refractivity (Wildman–Crippen MR) is 137 cm³/mol. The van der Waals surface area contributed by atoms with Crippen molar-refractivity contribution in [3.63, 3.8) is 0 Å². The van der Waals surface area contributed by atoms with Crippen LogP contribution >= 0.6 is 7.14 Å². The summed E-state index contributed by atoms with van der Waals surface area (Å²) < 4.78 is 76.2. The molecule has 0 aliphatic carbocycles. The van der Waals surface area contributed by atoms with Crippen LogP contribution in [0.2, 0.25) is 0 Å². The first-order valence-corrected chi connectivity index (χ1v) is 14.3. The molecule has 0 radical (unpaired) electrons. The van der Waals surface area contributed by atoms with E-state index in [2.05, 4.69) is 4.72 Å². The highest BCUT2D eigenvalue weighted by molar-refractivity contribution is 7.90. The van der Waals surface area contributed by atoms with Crippen molar-refractivity contribution < 1.29 is 26.5 Å². The van der Waals surface area contributed by atoms with Gasteiger partial charge in [0.15, 0.2) is 7.14 Å². The molecule has 0 unspecified atom stereocenters. The minimum atomic E-state index is -4.23. The van der Waals surface area contributed by atoms with Crippen LogP contribution in [0.1, 0.15) is 16.9 Å². The van der Waals surface area contributed by atoms with Gasteiger partial charge in [-0.2, -0.15) is 13.5 Å². The van der Waals surface area contributed by atoms with Crippen LogP contribution in [0.3, 0.4) is 0 Å². The van der Waals surface area contributed by atoms with Gasteiger partial charge in [0.05, 0.1) is 4.90 Å². The van der Waals surface area contributed by atoms with Crippen molar-refractivity contribution in [2.24, 2.45) is 0 Å². The van der Waals surface area contributed by atoms with Crippen LogP contribution in [0.25, 0.3) is 0 Å². The molecule has 1 atom stereocenters. The average molecular weight is 528 g/mol. The Bertz CT molecular complexity index is 1420. The zero-order valence-corrected chi connectivity index (χ0v) is 21.0. The largest absolute Gasteiger partial charge is 0.434 e. The lowest BCUT2D eigenvalue weighted by Gasteiger charge is -2.31. The Hall–Kier alpha value is -3.32. The Balaban J connectivity index is 1.98. The Morgan fingerprint density at radius 2 is 1.25 bits per heavy atom. The number of rotatable bonds is 9. The molecule has 0 amide bonds. The number of hydrogen-bond acceptors (Lipinski definition) is 4. The van der Waals surface area contributed by atoms with E-state index in [1.165, 1.54) is 30.3 Å². The highest BCUT2D eigenvalue weighted by atomic mass is 32.2. The number of nitrogens with one attached hydrogen (secondary N) is 1. The second-order valence-electron chi connectivity index (χ2n) is 8.08. The summed E-state index contributed by atoms with van der Waals surface area (Å²) >= 11 is 0. The van der Waals surface area contributed by atoms with E-state index in [1.807, 2.05) is 6.92 Å². The summed E-state index contributed by atoms with van der Waals surface area (Å²) in [4.78, 5) is -0.0435. The summed E-state index contributed by atoms with van der Waals surface area (Å²) in [5.41, 5.74) is 0.893. The van der Waals surface area contributed by atoms with Gasteiger partial charge in [-0.1, -0.05) is 96.6 Å². The molecule has 4 aromatic rings.